The topological polar surface area (TPSA) is 88.4 Å². The van der Waals surface area contributed by atoms with Crippen LogP contribution in [0.4, 0.5) is 0 Å². The second-order valence-corrected chi connectivity index (χ2v) is 6.02. The smallest absolute Gasteiger partial charge is 0.338 e. The lowest BCUT2D eigenvalue weighted by molar-refractivity contribution is -0.130. The Morgan fingerprint density at radius 1 is 1.21 bits per heavy atom. The predicted molar refractivity (Wildman–Crippen MR) is 87.4 cm³/mol. The van der Waals surface area contributed by atoms with E-state index in [9.17, 15) is 14.9 Å². The molecule has 6 nitrogen and oxygen atoms in total. The molecular weight excluding hydrogens is 308 g/mol. The number of methoxy groups -OCH3 is 1. The van der Waals surface area contributed by atoms with Gasteiger partial charge >= 0.3 is 5.97 Å². The summed E-state index contributed by atoms with van der Waals surface area (Å²) in [6, 6.07) is 8.65. The number of ether oxygens (including phenoxy) is 2. The third-order valence-corrected chi connectivity index (χ3v) is 4.26. The maximum absolute atomic E-state index is 12.3. The van der Waals surface area contributed by atoms with Gasteiger partial charge in [0.05, 0.1) is 18.7 Å². The van der Waals surface area contributed by atoms with Gasteiger partial charge in [0.2, 0.25) is 0 Å². The van der Waals surface area contributed by atoms with E-state index in [-0.39, 0.29) is 0 Å². The van der Waals surface area contributed by atoms with E-state index in [1.165, 1.54) is 14.0 Å². The lowest BCUT2D eigenvalue weighted by Gasteiger charge is -2.32. The fraction of sp³-hybridized carbons (Fsp3) is 0.500. The summed E-state index contributed by atoms with van der Waals surface area (Å²) in [6.45, 7) is 1.50. The molecule has 1 fully saturated rings. The molecule has 0 bridgehead atoms. The number of rotatable bonds is 5. The van der Waals surface area contributed by atoms with E-state index in [0.717, 1.165) is 19.3 Å². The van der Waals surface area contributed by atoms with Gasteiger partial charge in [-0.25, -0.2) is 4.79 Å². The lowest BCUT2D eigenvalue weighted by atomic mass is 9.83. The van der Waals surface area contributed by atoms with E-state index in [1.807, 2.05) is 0 Å². The molecule has 1 N–H and O–H groups in total. The molecule has 0 aliphatic heterocycles. The number of nitrogens with zero attached hydrogens (tertiary/aromatic N) is 1. The van der Waals surface area contributed by atoms with Crippen LogP contribution in [0.15, 0.2) is 24.3 Å². The molecule has 1 amide bonds. The van der Waals surface area contributed by atoms with Crippen LogP contribution in [0.3, 0.4) is 0 Å². The molecule has 24 heavy (non-hydrogen) atoms. The van der Waals surface area contributed by atoms with Crippen LogP contribution >= 0.6 is 0 Å². The number of benzene rings is 1. The van der Waals surface area contributed by atoms with Crippen LogP contribution in [0, 0.1) is 11.3 Å². The quantitative estimate of drug-likeness (QED) is 0.838. The minimum Gasteiger partial charge on any atom is -0.497 e. The molecule has 1 aliphatic rings. The van der Waals surface area contributed by atoms with Gasteiger partial charge in [-0.3, -0.25) is 4.79 Å². The SMILES string of the molecule is COc1ccc(C(=O)OC(C)C(=O)NC2(C#N)CCCCC2)cc1. The first-order valence-corrected chi connectivity index (χ1v) is 8.08. The minimum atomic E-state index is -0.966. The lowest BCUT2D eigenvalue weighted by Crippen LogP contribution is -2.52. The summed E-state index contributed by atoms with van der Waals surface area (Å²) in [7, 11) is 1.54. The van der Waals surface area contributed by atoms with Crippen LogP contribution < -0.4 is 10.1 Å². The third-order valence-electron chi connectivity index (χ3n) is 4.26. The molecule has 1 aromatic carbocycles. The maximum atomic E-state index is 12.3. The first-order chi connectivity index (χ1) is 11.5. The van der Waals surface area contributed by atoms with Crippen molar-refractivity contribution in [3.8, 4) is 11.8 Å². The minimum absolute atomic E-state index is 0.336. The Kier molecular flexibility index (Phi) is 5.80. The van der Waals surface area contributed by atoms with Crippen LogP contribution in [-0.2, 0) is 9.53 Å². The monoisotopic (exact) mass is 330 g/mol. The molecule has 0 radical (unpaired) electrons. The van der Waals surface area contributed by atoms with E-state index >= 15 is 0 Å². The molecule has 1 unspecified atom stereocenters. The highest BCUT2D eigenvalue weighted by molar-refractivity contribution is 5.92. The van der Waals surface area contributed by atoms with Crippen molar-refractivity contribution < 1.29 is 19.1 Å². The summed E-state index contributed by atoms with van der Waals surface area (Å²) >= 11 is 0. The summed E-state index contributed by atoms with van der Waals surface area (Å²) in [5.74, 6) is -0.402. The van der Waals surface area contributed by atoms with E-state index in [2.05, 4.69) is 11.4 Å². The highest BCUT2D eigenvalue weighted by Crippen LogP contribution is 2.27. The molecule has 1 aromatic rings. The highest BCUT2D eigenvalue weighted by Gasteiger charge is 2.35. The van der Waals surface area contributed by atoms with Crippen molar-refractivity contribution in [3.63, 3.8) is 0 Å². The van der Waals surface area contributed by atoms with Crippen molar-refractivity contribution in [2.24, 2.45) is 0 Å². The molecule has 1 atom stereocenters. The fourth-order valence-corrected chi connectivity index (χ4v) is 2.77. The molecular formula is C18H22N2O4. The van der Waals surface area contributed by atoms with Crippen molar-refractivity contribution in [1.82, 2.24) is 5.32 Å². The zero-order valence-electron chi connectivity index (χ0n) is 14.0. The third kappa shape index (κ3) is 4.25. The van der Waals surface area contributed by atoms with Gasteiger partial charge in [0.15, 0.2) is 6.10 Å². The number of hydrogen-bond donors (Lipinski definition) is 1. The Hall–Kier alpha value is -2.55. The number of hydrogen-bond acceptors (Lipinski definition) is 5. The van der Waals surface area contributed by atoms with Gasteiger partial charge < -0.3 is 14.8 Å². The van der Waals surface area contributed by atoms with Crippen LogP contribution in [0.25, 0.3) is 0 Å². The molecule has 0 saturated heterocycles. The number of carbonyl (C=O) groups is 2. The number of nitrogens with one attached hydrogen (secondary N) is 1. The zero-order chi connectivity index (χ0) is 17.6. The molecule has 0 heterocycles. The van der Waals surface area contributed by atoms with Gasteiger partial charge in [0, 0.05) is 0 Å². The Balaban J connectivity index is 1.95. The predicted octanol–water partition coefficient (Wildman–Crippen LogP) is 2.58. The average Bonchev–Trinajstić information content (AvgIpc) is 2.62. The molecule has 128 valence electrons. The van der Waals surface area contributed by atoms with Crippen LogP contribution in [0.5, 0.6) is 5.75 Å². The summed E-state index contributed by atoms with van der Waals surface area (Å²) in [6.07, 6.45) is 3.19. The van der Waals surface area contributed by atoms with Gasteiger partial charge in [-0.05, 0) is 44.0 Å². The van der Waals surface area contributed by atoms with Gasteiger partial charge in [0.25, 0.3) is 5.91 Å². The Labute approximate surface area is 141 Å². The average molecular weight is 330 g/mol. The molecule has 1 aliphatic carbocycles. The molecule has 2 rings (SSSR count). The van der Waals surface area contributed by atoms with Gasteiger partial charge in [-0.1, -0.05) is 19.3 Å². The van der Waals surface area contributed by atoms with E-state index in [4.69, 9.17) is 9.47 Å². The van der Waals surface area contributed by atoms with Crippen molar-refractivity contribution in [1.29, 1.82) is 5.26 Å². The van der Waals surface area contributed by atoms with Gasteiger partial charge in [-0.15, -0.1) is 0 Å². The highest BCUT2D eigenvalue weighted by atomic mass is 16.5. The van der Waals surface area contributed by atoms with E-state index in [0.29, 0.717) is 24.2 Å². The van der Waals surface area contributed by atoms with Crippen molar-refractivity contribution in [3.05, 3.63) is 29.8 Å². The van der Waals surface area contributed by atoms with Crippen molar-refractivity contribution in [2.45, 2.75) is 50.7 Å². The van der Waals surface area contributed by atoms with E-state index < -0.39 is 23.5 Å². The van der Waals surface area contributed by atoms with Crippen LogP contribution in [0.1, 0.15) is 49.4 Å². The number of carbonyl (C=O) groups excluding carboxylic acids is 2. The van der Waals surface area contributed by atoms with Crippen LogP contribution in [-0.4, -0.2) is 30.6 Å². The second-order valence-electron chi connectivity index (χ2n) is 6.02. The Morgan fingerprint density at radius 2 is 1.83 bits per heavy atom. The first-order valence-electron chi connectivity index (χ1n) is 8.08. The maximum Gasteiger partial charge on any atom is 0.338 e. The Bertz CT molecular complexity index is 627. The largest absolute Gasteiger partial charge is 0.497 e. The fourth-order valence-electron chi connectivity index (χ4n) is 2.77. The number of amides is 1. The second kappa shape index (κ2) is 7.82. The Morgan fingerprint density at radius 3 is 2.38 bits per heavy atom. The first kappa shape index (κ1) is 17.8. The molecule has 0 aromatic heterocycles. The molecule has 0 spiro atoms. The summed E-state index contributed by atoms with van der Waals surface area (Å²) in [4.78, 5) is 24.4. The summed E-state index contributed by atoms with van der Waals surface area (Å²) < 4.78 is 10.2. The van der Waals surface area contributed by atoms with Gasteiger partial charge in [-0.2, -0.15) is 5.26 Å². The van der Waals surface area contributed by atoms with E-state index in [1.54, 1.807) is 24.3 Å². The summed E-state index contributed by atoms with van der Waals surface area (Å²) in [5.41, 5.74) is -0.501. The number of nitriles is 1. The molecule has 1 saturated carbocycles. The summed E-state index contributed by atoms with van der Waals surface area (Å²) in [5, 5.41) is 12.2. The zero-order valence-corrected chi connectivity index (χ0v) is 14.0. The number of esters is 1. The van der Waals surface area contributed by atoms with Gasteiger partial charge in [0.1, 0.15) is 11.3 Å². The van der Waals surface area contributed by atoms with Crippen molar-refractivity contribution >= 4 is 11.9 Å². The van der Waals surface area contributed by atoms with Crippen LogP contribution in [0.2, 0.25) is 0 Å². The van der Waals surface area contributed by atoms with Crippen molar-refractivity contribution in [2.75, 3.05) is 7.11 Å². The molecule has 6 heteroatoms. The normalized spacial score (nSPS) is 17.2. The standard InChI is InChI=1S/C18H22N2O4/c1-13(16(21)20-18(12-19)10-4-3-5-11-18)24-17(22)14-6-8-15(23-2)9-7-14/h6-9,13H,3-5,10-11H2,1-2H3,(H,20,21).